The Morgan fingerprint density at radius 3 is 3.00 bits per heavy atom. The number of sulfonamides is 1. The largest absolute Gasteiger partial charge is 0.383 e. The van der Waals surface area contributed by atoms with E-state index in [9.17, 15) is 8.42 Å². The molecule has 0 fully saturated rings. The molecule has 7 heteroatoms. The number of anilines is 2. The summed E-state index contributed by atoms with van der Waals surface area (Å²) >= 11 is 0. The molecule has 0 amide bonds. The second-order valence-electron chi connectivity index (χ2n) is 4.83. The Morgan fingerprint density at radius 2 is 2.25 bits per heavy atom. The Balaban J connectivity index is 1.95. The van der Waals surface area contributed by atoms with Gasteiger partial charge in [-0.15, -0.1) is 0 Å². The normalized spacial score (nSPS) is 14.4. The van der Waals surface area contributed by atoms with Gasteiger partial charge in [-0.3, -0.25) is 9.40 Å². The number of nitrogens with one attached hydrogen (secondary N) is 2. The predicted octanol–water partition coefficient (Wildman–Crippen LogP) is 1.58. The number of nitrogens with zero attached hydrogens (tertiary/aromatic N) is 2. The lowest BCUT2D eigenvalue weighted by Gasteiger charge is -2.21. The first-order valence-corrected chi connectivity index (χ1v) is 7.92. The lowest BCUT2D eigenvalue weighted by atomic mass is 10.0. The van der Waals surface area contributed by atoms with E-state index >= 15 is 0 Å². The van der Waals surface area contributed by atoms with E-state index in [2.05, 4.69) is 15.1 Å². The van der Waals surface area contributed by atoms with Gasteiger partial charge in [-0.25, -0.2) is 8.42 Å². The average Bonchev–Trinajstić information content (AvgIpc) is 2.86. The maximum atomic E-state index is 12.3. The standard InChI is InChI=1S/C13H16N4O2S/c1-17-9-11(8-15-17)20(18,19)16-12-6-2-4-10-5-3-7-14-13(10)12/h2,4,6,8-9,14,16H,3,5,7H2,1H3. The van der Waals surface area contributed by atoms with E-state index in [-0.39, 0.29) is 4.90 Å². The van der Waals surface area contributed by atoms with Gasteiger partial charge in [0.1, 0.15) is 4.90 Å². The molecule has 0 saturated heterocycles. The molecule has 0 aliphatic carbocycles. The lowest BCUT2D eigenvalue weighted by molar-refractivity contribution is 0.601. The number of aryl methyl sites for hydroxylation is 2. The van der Waals surface area contributed by atoms with Crippen molar-refractivity contribution in [1.82, 2.24) is 9.78 Å². The minimum atomic E-state index is -3.60. The first kappa shape index (κ1) is 13.0. The number of rotatable bonds is 3. The molecule has 106 valence electrons. The van der Waals surface area contributed by atoms with Gasteiger partial charge in [0.05, 0.1) is 17.6 Å². The van der Waals surface area contributed by atoms with Crippen LogP contribution in [0.15, 0.2) is 35.5 Å². The van der Waals surface area contributed by atoms with Crippen molar-refractivity contribution in [2.24, 2.45) is 7.05 Å². The molecule has 1 aliphatic rings. The van der Waals surface area contributed by atoms with Crippen molar-refractivity contribution in [2.75, 3.05) is 16.6 Å². The van der Waals surface area contributed by atoms with Gasteiger partial charge in [-0.2, -0.15) is 5.10 Å². The highest BCUT2D eigenvalue weighted by Gasteiger charge is 2.20. The first-order chi connectivity index (χ1) is 9.56. The van der Waals surface area contributed by atoms with Gasteiger partial charge in [-0.05, 0) is 24.5 Å². The van der Waals surface area contributed by atoms with Crippen LogP contribution in [0.5, 0.6) is 0 Å². The van der Waals surface area contributed by atoms with Crippen LogP contribution in [0.25, 0.3) is 0 Å². The van der Waals surface area contributed by atoms with Crippen molar-refractivity contribution in [1.29, 1.82) is 0 Å². The summed E-state index contributed by atoms with van der Waals surface area (Å²) in [6, 6.07) is 5.65. The van der Waals surface area contributed by atoms with Crippen LogP contribution in [0.1, 0.15) is 12.0 Å². The summed E-state index contributed by atoms with van der Waals surface area (Å²) in [5, 5.41) is 7.16. The number of aromatic nitrogens is 2. The van der Waals surface area contributed by atoms with E-state index in [1.165, 1.54) is 17.1 Å². The van der Waals surface area contributed by atoms with Gasteiger partial charge >= 0.3 is 0 Å². The molecule has 1 aromatic carbocycles. The number of hydrogen-bond donors (Lipinski definition) is 2. The van der Waals surface area contributed by atoms with Crippen LogP contribution in [-0.2, 0) is 23.5 Å². The lowest BCUT2D eigenvalue weighted by Crippen LogP contribution is -2.17. The molecule has 0 radical (unpaired) electrons. The van der Waals surface area contributed by atoms with Crippen LogP contribution in [0, 0.1) is 0 Å². The van der Waals surface area contributed by atoms with Crippen molar-refractivity contribution in [3.8, 4) is 0 Å². The molecule has 3 rings (SSSR count). The van der Waals surface area contributed by atoms with Gasteiger partial charge < -0.3 is 5.32 Å². The van der Waals surface area contributed by atoms with E-state index in [1.54, 1.807) is 13.1 Å². The smallest absolute Gasteiger partial charge is 0.265 e. The molecule has 2 heterocycles. The fourth-order valence-electron chi connectivity index (χ4n) is 2.34. The molecule has 0 bridgehead atoms. The topological polar surface area (TPSA) is 76.0 Å². The maximum Gasteiger partial charge on any atom is 0.265 e. The molecule has 0 saturated carbocycles. The fourth-order valence-corrected chi connectivity index (χ4v) is 3.39. The molecule has 20 heavy (non-hydrogen) atoms. The third kappa shape index (κ3) is 2.36. The average molecular weight is 292 g/mol. The van der Waals surface area contributed by atoms with Crippen LogP contribution in [0.3, 0.4) is 0 Å². The molecule has 0 unspecified atom stereocenters. The van der Waals surface area contributed by atoms with Gasteiger partial charge in [-0.1, -0.05) is 12.1 Å². The minimum Gasteiger partial charge on any atom is -0.383 e. The third-order valence-corrected chi connectivity index (χ3v) is 4.63. The van der Waals surface area contributed by atoms with Crippen molar-refractivity contribution < 1.29 is 8.42 Å². The van der Waals surface area contributed by atoms with Gasteiger partial charge in [0.15, 0.2) is 0 Å². The number of fused-ring (bicyclic) bond motifs is 1. The number of para-hydroxylation sites is 1. The summed E-state index contributed by atoms with van der Waals surface area (Å²) in [5.74, 6) is 0. The van der Waals surface area contributed by atoms with Crippen molar-refractivity contribution in [3.63, 3.8) is 0 Å². The van der Waals surface area contributed by atoms with Gasteiger partial charge in [0.2, 0.25) is 0 Å². The first-order valence-electron chi connectivity index (χ1n) is 6.43. The maximum absolute atomic E-state index is 12.3. The van der Waals surface area contributed by atoms with E-state index in [4.69, 9.17) is 0 Å². The Hall–Kier alpha value is -2.02. The molecule has 0 atom stereocenters. The van der Waals surface area contributed by atoms with Crippen LogP contribution in [0.4, 0.5) is 11.4 Å². The van der Waals surface area contributed by atoms with Crippen LogP contribution < -0.4 is 10.0 Å². The highest BCUT2D eigenvalue weighted by Crippen LogP contribution is 2.31. The zero-order valence-electron chi connectivity index (χ0n) is 11.1. The second kappa shape index (κ2) is 4.82. The molecular weight excluding hydrogens is 276 g/mol. The molecule has 6 nitrogen and oxygen atoms in total. The fraction of sp³-hybridized carbons (Fsp3) is 0.308. The summed E-state index contributed by atoms with van der Waals surface area (Å²) in [5.41, 5.74) is 2.61. The van der Waals surface area contributed by atoms with E-state index in [0.717, 1.165) is 30.6 Å². The van der Waals surface area contributed by atoms with E-state index < -0.39 is 10.0 Å². The minimum absolute atomic E-state index is 0.161. The summed E-state index contributed by atoms with van der Waals surface area (Å²) in [4.78, 5) is 0.161. The van der Waals surface area contributed by atoms with Crippen LogP contribution in [0.2, 0.25) is 0 Å². The molecule has 1 aliphatic heterocycles. The highest BCUT2D eigenvalue weighted by molar-refractivity contribution is 7.92. The Labute approximate surface area is 117 Å². The Morgan fingerprint density at radius 1 is 1.40 bits per heavy atom. The van der Waals surface area contributed by atoms with Crippen LogP contribution in [-0.4, -0.2) is 24.7 Å². The Kier molecular flexibility index (Phi) is 3.13. The van der Waals surface area contributed by atoms with Gasteiger partial charge in [0.25, 0.3) is 10.0 Å². The SMILES string of the molecule is Cn1cc(S(=O)(=O)Nc2cccc3c2NCCC3)cn1. The molecule has 0 spiro atoms. The summed E-state index contributed by atoms with van der Waals surface area (Å²) in [6.07, 6.45) is 4.84. The summed E-state index contributed by atoms with van der Waals surface area (Å²) in [6.45, 7) is 0.860. The molecule has 1 aromatic heterocycles. The predicted molar refractivity (Wildman–Crippen MR) is 77.3 cm³/mol. The van der Waals surface area contributed by atoms with Crippen molar-refractivity contribution >= 4 is 21.4 Å². The molecule has 2 aromatic rings. The zero-order valence-corrected chi connectivity index (χ0v) is 11.9. The van der Waals surface area contributed by atoms with E-state index in [0.29, 0.717) is 5.69 Å². The molecule has 2 N–H and O–H groups in total. The zero-order chi connectivity index (χ0) is 14.2. The van der Waals surface area contributed by atoms with E-state index in [1.807, 2.05) is 12.1 Å². The second-order valence-corrected chi connectivity index (χ2v) is 6.51. The Bertz CT molecular complexity index is 737. The number of benzene rings is 1. The third-order valence-electron chi connectivity index (χ3n) is 3.31. The van der Waals surface area contributed by atoms with Crippen LogP contribution >= 0.6 is 0 Å². The van der Waals surface area contributed by atoms with Gasteiger partial charge in [0, 0.05) is 19.8 Å². The molecular formula is C13H16N4O2S. The summed E-state index contributed by atoms with van der Waals surface area (Å²) < 4.78 is 28.7. The highest BCUT2D eigenvalue weighted by atomic mass is 32.2. The van der Waals surface area contributed by atoms with Crippen molar-refractivity contribution in [2.45, 2.75) is 17.7 Å². The van der Waals surface area contributed by atoms with Crippen molar-refractivity contribution in [3.05, 3.63) is 36.2 Å². The number of hydrogen-bond acceptors (Lipinski definition) is 4. The quantitative estimate of drug-likeness (QED) is 0.900. The summed E-state index contributed by atoms with van der Waals surface area (Å²) in [7, 11) is -1.91. The monoisotopic (exact) mass is 292 g/mol.